The molecule has 0 aliphatic heterocycles. The molecule has 0 atom stereocenters. The molecule has 4 rings (SSSR count). The van der Waals surface area contributed by atoms with Gasteiger partial charge in [0.2, 0.25) is 0 Å². The number of thiazole rings is 1. The predicted octanol–water partition coefficient (Wildman–Crippen LogP) is 4.91. The van der Waals surface area contributed by atoms with Crippen molar-refractivity contribution in [2.24, 2.45) is 0 Å². The van der Waals surface area contributed by atoms with Crippen molar-refractivity contribution in [1.29, 1.82) is 0 Å². The second-order valence-electron chi connectivity index (χ2n) is 5.83. The summed E-state index contributed by atoms with van der Waals surface area (Å²) in [5.41, 5.74) is 2.75. The van der Waals surface area contributed by atoms with Crippen LogP contribution in [0.1, 0.15) is 13.8 Å². The van der Waals surface area contributed by atoms with Crippen LogP contribution in [0.25, 0.3) is 31.8 Å². The Kier molecular flexibility index (Phi) is 5.56. The van der Waals surface area contributed by atoms with E-state index < -0.39 is 0 Å². The zero-order valence-electron chi connectivity index (χ0n) is 14.5. The number of anilines is 1. The van der Waals surface area contributed by atoms with Crippen LogP contribution in [0.3, 0.4) is 0 Å². The molecule has 0 saturated heterocycles. The molecule has 4 aromatic rings. The minimum atomic E-state index is -0.344. The van der Waals surface area contributed by atoms with Gasteiger partial charge in [0.25, 0.3) is 0 Å². The van der Waals surface area contributed by atoms with E-state index in [9.17, 15) is 4.79 Å². The Hall–Kier alpha value is -2.01. The van der Waals surface area contributed by atoms with Crippen molar-refractivity contribution in [2.45, 2.75) is 13.8 Å². The third-order valence-corrected chi connectivity index (χ3v) is 5.44. The molecule has 2 aromatic heterocycles. The van der Waals surface area contributed by atoms with Crippen molar-refractivity contribution in [1.82, 2.24) is 4.98 Å². The van der Waals surface area contributed by atoms with E-state index in [4.69, 9.17) is 4.42 Å². The summed E-state index contributed by atoms with van der Waals surface area (Å²) in [6, 6.07) is 15.8. The monoisotopic (exact) mass is 543 g/mol. The van der Waals surface area contributed by atoms with Crippen molar-refractivity contribution in [2.75, 3.05) is 18.0 Å². The first-order valence-electron chi connectivity index (χ1n) is 8.38. The average molecular weight is 543 g/mol. The van der Waals surface area contributed by atoms with E-state index in [1.807, 2.05) is 42.5 Å². The average Bonchev–Trinajstić information content (AvgIpc) is 3.06. The summed E-state index contributed by atoms with van der Waals surface area (Å²) in [6.45, 7) is 6.05. The van der Waals surface area contributed by atoms with E-state index in [2.05, 4.69) is 29.8 Å². The predicted molar refractivity (Wildman–Crippen MR) is 105 cm³/mol. The Balaban J connectivity index is 0.00000196. The number of nitrogens with zero attached hydrogens (tertiary/aromatic N) is 2. The van der Waals surface area contributed by atoms with Crippen molar-refractivity contribution in [3.63, 3.8) is 0 Å². The van der Waals surface area contributed by atoms with Gasteiger partial charge in [0.05, 0.1) is 15.8 Å². The summed E-state index contributed by atoms with van der Waals surface area (Å²) in [6.07, 6.45) is 0. The van der Waals surface area contributed by atoms with Gasteiger partial charge in [-0.1, -0.05) is 12.1 Å². The molecule has 2 aromatic carbocycles. The molecule has 2 heterocycles. The van der Waals surface area contributed by atoms with Gasteiger partial charge in [0.1, 0.15) is 10.6 Å². The molecule has 0 amide bonds. The van der Waals surface area contributed by atoms with E-state index >= 15 is 0 Å². The Labute approximate surface area is 168 Å². The Bertz CT molecular complexity index is 1080. The van der Waals surface area contributed by atoms with Crippen LogP contribution in [-0.4, -0.2) is 18.1 Å². The fraction of sp³-hybridized carbons (Fsp3) is 0.200. The molecule has 0 radical (unpaired) electrons. The van der Waals surface area contributed by atoms with Gasteiger partial charge < -0.3 is 9.32 Å². The molecule has 0 spiro atoms. The first-order valence-corrected chi connectivity index (χ1v) is 9.20. The number of hydrogen-bond acceptors (Lipinski definition) is 5. The maximum absolute atomic E-state index is 12.5. The molecule has 0 saturated carbocycles. The molecule has 0 fully saturated rings. The maximum Gasteiger partial charge on any atom is 3.00 e. The third-order valence-electron chi connectivity index (χ3n) is 4.37. The maximum atomic E-state index is 12.5. The zero-order valence-corrected chi connectivity index (χ0v) is 17.7. The minimum Gasteiger partial charge on any atom is -0.422 e. The van der Waals surface area contributed by atoms with Crippen LogP contribution >= 0.6 is 11.3 Å². The Morgan fingerprint density at radius 2 is 1.85 bits per heavy atom. The Morgan fingerprint density at radius 1 is 1.08 bits per heavy atom. The van der Waals surface area contributed by atoms with Crippen LogP contribution in [0.4, 0.5) is 5.69 Å². The quantitative estimate of drug-likeness (QED) is 0.344. The van der Waals surface area contributed by atoms with Gasteiger partial charge >= 0.3 is 25.7 Å². The fourth-order valence-corrected chi connectivity index (χ4v) is 3.99. The topological polar surface area (TPSA) is 46.3 Å². The van der Waals surface area contributed by atoms with Crippen molar-refractivity contribution >= 4 is 38.2 Å². The molecule has 0 bridgehead atoms. The van der Waals surface area contributed by atoms with Gasteiger partial charge in [-0.05, 0) is 44.2 Å². The molecule has 0 aliphatic rings. The fourth-order valence-electron chi connectivity index (χ4n) is 3.02. The standard InChI is InChI=1S/C20H18N2O2S.Ir/c1-3-22(4-2)14-10-9-13-11-15(20(23)24-17(13)12-14)19-21-16-7-5-6-8-18(16)25-19;/h5-12H,3-4H2,1-2H3;/q;+3. The van der Waals surface area contributed by atoms with Crippen LogP contribution in [0.5, 0.6) is 0 Å². The summed E-state index contributed by atoms with van der Waals surface area (Å²) in [5, 5.41) is 1.61. The minimum absolute atomic E-state index is 0. The first-order chi connectivity index (χ1) is 12.2. The van der Waals surface area contributed by atoms with Crippen molar-refractivity contribution < 1.29 is 24.5 Å². The second kappa shape index (κ2) is 7.70. The van der Waals surface area contributed by atoms with E-state index in [1.165, 1.54) is 11.3 Å². The molecular weight excluding hydrogens is 525 g/mol. The zero-order chi connectivity index (χ0) is 17.4. The summed E-state index contributed by atoms with van der Waals surface area (Å²) in [4.78, 5) is 19.3. The van der Waals surface area contributed by atoms with Crippen LogP contribution in [0.2, 0.25) is 0 Å². The molecule has 0 aliphatic carbocycles. The number of aromatic nitrogens is 1. The van der Waals surface area contributed by atoms with Gasteiger partial charge in [0.15, 0.2) is 0 Å². The van der Waals surface area contributed by atoms with Crippen LogP contribution < -0.4 is 10.5 Å². The molecule has 4 nitrogen and oxygen atoms in total. The number of para-hydroxylation sites is 1. The number of benzene rings is 2. The van der Waals surface area contributed by atoms with Gasteiger partial charge in [-0.2, -0.15) is 0 Å². The second-order valence-corrected chi connectivity index (χ2v) is 6.86. The smallest absolute Gasteiger partial charge is 0.422 e. The van der Waals surface area contributed by atoms with Crippen LogP contribution in [-0.2, 0) is 20.1 Å². The number of hydrogen-bond donors (Lipinski definition) is 0. The molecule has 0 N–H and O–H groups in total. The van der Waals surface area contributed by atoms with Gasteiger partial charge in [-0.15, -0.1) is 11.3 Å². The van der Waals surface area contributed by atoms with Gasteiger partial charge in [-0.3, -0.25) is 0 Å². The number of fused-ring (bicyclic) bond motifs is 2. The van der Waals surface area contributed by atoms with E-state index in [1.54, 1.807) is 0 Å². The van der Waals surface area contributed by atoms with E-state index in [0.29, 0.717) is 16.2 Å². The van der Waals surface area contributed by atoms with E-state index in [-0.39, 0.29) is 25.7 Å². The summed E-state index contributed by atoms with van der Waals surface area (Å²) in [7, 11) is 0. The summed E-state index contributed by atoms with van der Waals surface area (Å²) >= 11 is 1.51. The SMILES string of the molecule is CCN(CC)c1ccc2cc(-c3nc4ccccc4s3)c(=O)oc2c1.[Ir+3]. The summed E-state index contributed by atoms with van der Waals surface area (Å²) < 4.78 is 6.67. The molecule has 6 heteroatoms. The van der Waals surface area contributed by atoms with E-state index in [0.717, 1.165) is 34.4 Å². The van der Waals surface area contributed by atoms with Crippen LogP contribution in [0, 0.1) is 0 Å². The Morgan fingerprint density at radius 3 is 2.58 bits per heavy atom. The normalized spacial score (nSPS) is 10.8. The molecule has 26 heavy (non-hydrogen) atoms. The van der Waals surface area contributed by atoms with Crippen molar-refractivity contribution in [3.8, 4) is 10.6 Å². The molecule has 132 valence electrons. The van der Waals surface area contributed by atoms with Gasteiger partial charge in [-0.25, -0.2) is 9.78 Å². The molecular formula is C20H18IrN2O2S+3. The van der Waals surface area contributed by atoms with Crippen molar-refractivity contribution in [3.05, 3.63) is 59.0 Å². The van der Waals surface area contributed by atoms with Crippen LogP contribution in [0.15, 0.2) is 57.7 Å². The summed E-state index contributed by atoms with van der Waals surface area (Å²) in [5.74, 6) is 0. The van der Waals surface area contributed by atoms with Gasteiger partial charge in [0, 0.05) is 30.2 Å². The molecule has 0 unspecified atom stereocenters. The number of rotatable bonds is 4. The largest absolute Gasteiger partial charge is 3.00 e. The first kappa shape index (κ1) is 18.8. The third kappa shape index (κ3) is 3.32.